The zero-order valence-electron chi connectivity index (χ0n) is 13.8. The predicted molar refractivity (Wildman–Crippen MR) is 97.8 cm³/mol. The minimum absolute atomic E-state index is 0.187. The molecule has 2 heterocycles. The van der Waals surface area contributed by atoms with Crippen LogP contribution in [-0.2, 0) is 18.4 Å². The molecular formula is C20H17N3O2. The summed E-state index contributed by atoms with van der Waals surface area (Å²) in [6.07, 6.45) is 3.14. The van der Waals surface area contributed by atoms with E-state index in [2.05, 4.69) is 10.3 Å². The normalized spacial score (nSPS) is 11.6. The summed E-state index contributed by atoms with van der Waals surface area (Å²) >= 11 is 0. The van der Waals surface area contributed by atoms with Gasteiger partial charge in [0, 0.05) is 18.5 Å². The Kier molecular flexibility index (Phi) is 3.82. The second kappa shape index (κ2) is 6.28. The summed E-state index contributed by atoms with van der Waals surface area (Å²) in [6.45, 7) is 0.370. The molecule has 2 aromatic heterocycles. The van der Waals surface area contributed by atoms with Gasteiger partial charge in [0.1, 0.15) is 17.2 Å². The van der Waals surface area contributed by atoms with Gasteiger partial charge in [-0.2, -0.15) is 0 Å². The van der Waals surface area contributed by atoms with Crippen LogP contribution < -0.4 is 5.32 Å². The van der Waals surface area contributed by atoms with Crippen LogP contribution in [-0.4, -0.2) is 15.5 Å². The van der Waals surface area contributed by atoms with Crippen molar-refractivity contribution >= 4 is 34.0 Å². The van der Waals surface area contributed by atoms with Gasteiger partial charge in [0.15, 0.2) is 0 Å². The quantitative estimate of drug-likeness (QED) is 0.581. The molecule has 0 aliphatic heterocycles. The number of para-hydroxylation sites is 3. The fraction of sp³-hybridized carbons (Fsp3) is 0.100. The van der Waals surface area contributed by atoms with Gasteiger partial charge in [-0.1, -0.05) is 30.3 Å². The number of hydrogen-bond acceptors (Lipinski definition) is 3. The molecular weight excluding hydrogens is 314 g/mol. The van der Waals surface area contributed by atoms with Gasteiger partial charge < -0.3 is 14.3 Å². The first-order valence-electron chi connectivity index (χ1n) is 8.05. The fourth-order valence-corrected chi connectivity index (χ4v) is 2.82. The van der Waals surface area contributed by atoms with E-state index in [1.54, 1.807) is 6.08 Å². The van der Waals surface area contributed by atoms with E-state index in [0.29, 0.717) is 12.3 Å². The van der Waals surface area contributed by atoms with Crippen LogP contribution >= 0.6 is 0 Å². The van der Waals surface area contributed by atoms with Crippen molar-refractivity contribution in [3.8, 4) is 0 Å². The van der Waals surface area contributed by atoms with Crippen molar-refractivity contribution in [2.75, 3.05) is 0 Å². The molecule has 1 amide bonds. The van der Waals surface area contributed by atoms with E-state index >= 15 is 0 Å². The molecule has 0 bridgehead atoms. The molecule has 0 radical (unpaired) electrons. The third-order valence-corrected chi connectivity index (χ3v) is 4.14. The lowest BCUT2D eigenvalue weighted by Crippen LogP contribution is -2.22. The standard InChI is InChI=1S/C20H17N3O2/c1-23-17-8-4-3-7-16(17)22-19(23)13-21-20(24)11-10-15-12-14-6-2-5-9-18(14)25-15/h2-12H,13H2,1H3,(H,21,24)/b11-10+. The molecule has 1 N–H and O–H groups in total. The smallest absolute Gasteiger partial charge is 0.244 e. The van der Waals surface area contributed by atoms with Crippen LogP contribution in [0.3, 0.4) is 0 Å². The molecule has 0 aliphatic rings. The van der Waals surface area contributed by atoms with Crippen molar-refractivity contribution in [3.05, 3.63) is 72.3 Å². The van der Waals surface area contributed by atoms with Gasteiger partial charge in [-0.05, 0) is 30.3 Å². The first kappa shape index (κ1) is 15.2. The number of aromatic nitrogens is 2. The van der Waals surface area contributed by atoms with Crippen molar-refractivity contribution in [1.82, 2.24) is 14.9 Å². The van der Waals surface area contributed by atoms with Gasteiger partial charge in [0.25, 0.3) is 0 Å². The molecule has 5 heteroatoms. The van der Waals surface area contributed by atoms with Gasteiger partial charge in [-0.15, -0.1) is 0 Å². The van der Waals surface area contributed by atoms with Crippen molar-refractivity contribution < 1.29 is 9.21 Å². The summed E-state index contributed by atoms with van der Waals surface area (Å²) in [5.41, 5.74) is 2.78. The first-order chi connectivity index (χ1) is 12.2. The predicted octanol–water partition coefficient (Wildman–Crippen LogP) is 3.65. The summed E-state index contributed by atoms with van der Waals surface area (Å²) < 4.78 is 7.64. The minimum Gasteiger partial charge on any atom is -0.457 e. The number of imidazole rings is 1. The number of carbonyl (C=O) groups is 1. The molecule has 0 unspecified atom stereocenters. The number of benzene rings is 2. The van der Waals surface area contributed by atoms with E-state index in [-0.39, 0.29) is 5.91 Å². The Morgan fingerprint density at radius 3 is 2.84 bits per heavy atom. The van der Waals surface area contributed by atoms with Crippen molar-refractivity contribution in [1.29, 1.82) is 0 Å². The third-order valence-electron chi connectivity index (χ3n) is 4.14. The summed E-state index contributed by atoms with van der Waals surface area (Å²) in [5, 5.41) is 3.87. The lowest BCUT2D eigenvalue weighted by Gasteiger charge is -2.03. The van der Waals surface area contributed by atoms with Gasteiger partial charge in [-0.25, -0.2) is 4.98 Å². The van der Waals surface area contributed by atoms with Crippen LogP contribution in [0.5, 0.6) is 0 Å². The van der Waals surface area contributed by atoms with Crippen LogP contribution in [0, 0.1) is 0 Å². The number of nitrogens with one attached hydrogen (secondary N) is 1. The number of aryl methyl sites for hydroxylation is 1. The molecule has 0 atom stereocenters. The molecule has 0 fully saturated rings. The van der Waals surface area contributed by atoms with E-state index < -0.39 is 0 Å². The second-order valence-electron chi connectivity index (χ2n) is 5.81. The maximum atomic E-state index is 12.1. The molecule has 4 rings (SSSR count). The van der Waals surface area contributed by atoms with E-state index in [9.17, 15) is 4.79 Å². The summed E-state index contributed by atoms with van der Waals surface area (Å²) in [7, 11) is 1.95. The number of carbonyl (C=O) groups excluding carboxylic acids is 1. The topological polar surface area (TPSA) is 60.1 Å². The maximum Gasteiger partial charge on any atom is 0.244 e. The van der Waals surface area contributed by atoms with E-state index in [1.165, 1.54) is 6.08 Å². The highest BCUT2D eigenvalue weighted by Gasteiger charge is 2.07. The molecule has 5 nitrogen and oxygen atoms in total. The Balaban J connectivity index is 1.43. The lowest BCUT2D eigenvalue weighted by atomic mass is 10.2. The highest BCUT2D eigenvalue weighted by molar-refractivity contribution is 5.92. The SMILES string of the molecule is Cn1c(CNC(=O)/C=C/c2cc3ccccc3o2)nc2ccccc21. The average Bonchev–Trinajstić information content (AvgIpc) is 3.19. The molecule has 2 aromatic carbocycles. The van der Waals surface area contributed by atoms with Crippen molar-refractivity contribution in [3.63, 3.8) is 0 Å². The van der Waals surface area contributed by atoms with E-state index in [4.69, 9.17) is 4.42 Å². The van der Waals surface area contributed by atoms with Crippen molar-refractivity contribution in [2.24, 2.45) is 7.05 Å². The highest BCUT2D eigenvalue weighted by Crippen LogP contribution is 2.19. The van der Waals surface area contributed by atoms with Gasteiger partial charge >= 0.3 is 0 Å². The Morgan fingerprint density at radius 1 is 1.20 bits per heavy atom. The van der Waals surface area contributed by atoms with Crippen LogP contribution in [0.15, 0.2) is 65.1 Å². The Bertz CT molecular complexity index is 1060. The number of nitrogens with zero attached hydrogens (tertiary/aromatic N) is 2. The Labute approximate surface area is 144 Å². The second-order valence-corrected chi connectivity index (χ2v) is 5.81. The summed E-state index contributed by atoms with van der Waals surface area (Å²) in [4.78, 5) is 16.6. The highest BCUT2D eigenvalue weighted by atomic mass is 16.3. The average molecular weight is 331 g/mol. The van der Waals surface area contributed by atoms with Crippen molar-refractivity contribution in [2.45, 2.75) is 6.54 Å². The van der Waals surface area contributed by atoms with E-state index in [1.807, 2.05) is 66.2 Å². The van der Waals surface area contributed by atoms with Crippen LogP contribution in [0.25, 0.3) is 28.1 Å². The Morgan fingerprint density at radius 2 is 2.00 bits per heavy atom. The summed E-state index contributed by atoms with van der Waals surface area (Å²) in [5.74, 6) is 1.28. The lowest BCUT2D eigenvalue weighted by molar-refractivity contribution is -0.116. The van der Waals surface area contributed by atoms with Gasteiger partial charge in [0.2, 0.25) is 5.91 Å². The zero-order chi connectivity index (χ0) is 17.2. The molecule has 124 valence electrons. The molecule has 25 heavy (non-hydrogen) atoms. The van der Waals surface area contributed by atoms with Crippen LogP contribution in [0.2, 0.25) is 0 Å². The zero-order valence-corrected chi connectivity index (χ0v) is 13.8. The van der Waals surface area contributed by atoms with Gasteiger partial charge in [0.05, 0.1) is 17.6 Å². The van der Waals surface area contributed by atoms with Crippen LogP contribution in [0.4, 0.5) is 0 Å². The Hall–Kier alpha value is -3.34. The largest absolute Gasteiger partial charge is 0.457 e. The summed E-state index contributed by atoms with van der Waals surface area (Å²) in [6, 6.07) is 17.6. The number of furan rings is 1. The van der Waals surface area contributed by atoms with E-state index in [0.717, 1.165) is 27.8 Å². The molecule has 0 aliphatic carbocycles. The molecule has 0 spiro atoms. The number of rotatable bonds is 4. The first-order valence-corrected chi connectivity index (χ1v) is 8.05. The van der Waals surface area contributed by atoms with Crippen LogP contribution in [0.1, 0.15) is 11.6 Å². The van der Waals surface area contributed by atoms with Gasteiger partial charge in [-0.3, -0.25) is 4.79 Å². The fourth-order valence-electron chi connectivity index (χ4n) is 2.82. The number of hydrogen-bond donors (Lipinski definition) is 1. The number of amides is 1. The third kappa shape index (κ3) is 3.04. The molecule has 4 aromatic rings. The number of fused-ring (bicyclic) bond motifs is 2. The molecule has 0 saturated carbocycles. The monoisotopic (exact) mass is 331 g/mol. The minimum atomic E-state index is -0.187. The molecule has 0 saturated heterocycles. The maximum absolute atomic E-state index is 12.1.